The number of imidazole rings is 1. The topological polar surface area (TPSA) is 17.8 Å². The lowest BCUT2D eigenvalue weighted by Crippen LogP contribution is -2.46. The van der Waals surface area contributed by atoms with Crippen LogP contribution in [0.25, 0.3) is 0 Å². The lowest BCUT2D eigenvalue weighted by Gasteiger charge is -2.37. The molecule has 0 N–H and O–H groups in total. The van der Waals surface area contributed by atoms with E-state index in [2.05, 4.69) is 177 Å². The van der Waals surface area contributed by atoms with Gasteiger partial charge in [-0.1, -0.05) is 159 Å². The summed E-state index contributed by atoms with van der Waals surface area (Å²) in [4.78, 5) is 4.45. The van der Waals surface area contributed by atoms with Gasteiger partial charge in [-0.05, 0) is 52.0 Å². The first kappa shape index (κ1) is 30.1. The van der Waals surface area contributed by atoms with Gasteiger partial charge in [0.15, 0.2) is 0 Å². The van der Waals surface area contributed by atoms with Crippen molar-refractivity contribution >= 4 is 22.6 Å². The predicted molar refractivity (Wildman–Crippen MR) is 188 cm³/mol. The molecule has 5 aromatic carbocycles. The summed E-state index contributed by atoms with van der Waals surface area (Å²) in [5.74, 6) is 0.484. The third-order valence-electron chi connectivity index (χ3n) is 8.47. The maximum Gasteiger partial charge on any atom is 0.116 e. The van der Waals surface area contributed by atoms with Gasteiger partial charge in [-0.25, -0.2) is 4.98 Å². The van der Waals surface area contributed by atoms with E-state index in [1.165, 1.54) is 38.6 Å². The van der Waals surface area contributed by atoms with E-state index in [1.54, 1.807) is 0 Å². The molecule has 1 heterocycles. The summed E-state index contributed by atoms with van der Waals surface area (Å²) in [6.45, 7) is 4.45. The molecule has 214 valence electrons. The second-order valence-electron chi connectivity index (χ2n) is 11.1. The normalized spacial score (nSPS) is 11.4. The molecule has 0 radical (unpaired) electrons. The second kappa shape index (κ2) is 14.7. The average Bonchev–Trinajstić information content (AvgIpc) is 3.64. The Kier molecular flexibility index (Phi) is 10.3. The van der Waals surface area contributed by atoms with Crippen LogP contribution >= 0.6 is 0 Å². The molecule has 1 aromatic heterocycles. The van der Waals surface area contributed by atoms with E-state index in [9.17, 15) is 0 Å². The monoisotopic (exact) mass is 576 g/mol. The third-order valence-corrected chi connectivity index (χ3v) is 11.0. The molecule has 6 rings (SSSR count). The molecule has 4 heteroatoms. The van der Waals surface area contributed by atoms with Gasteiger partial charge in [-0.15, -0.1) is 0 Å². The van der Waals surface area contributed by atoms with Crippen molar-refractivity contribution in [1.82, 2.24) is 9.55 Å². The molecule has 0 aliphatic heterocycles. The first-order valence-corrected chi connectivity index (χ1v) is 16.9. The Balaban J connectivity index is 0.000000220. The molecule has 0 aliphatic rings. The van der Waals surface area contributed by atoms with Gasteiger partial charge in [-0.3, -0.25) is 0 Å². The van der Waals surface area contributed by atoms with Crippen LogP contribution in [0.2, 0.25) is 0 Å². The van der Waals surface area contributed by atoms with Crippen LogP contribution < -0.4 is 5.19 Å². The van der Waals surface area contributed by atoms with Crippen LogP contribution in [0.5, 0.6) is 0 Å². The Morgan fingerprint density at radius 3 is 1.58 bits per heavy atom. The van der Waals surface area contributed by atoms with Gasteiger partial charge in [0.25, 0.3) is 0 Å². The summed E-state index contributed by atoms with van der Waals surface area (Å²) >= 11 is 0. The minimum absolute atomic E-state index is 0.214. The van der Waals surface area contributed by atoms with Crippen molar-refractivity contribution in [2.75, 3.05) is 0 Å². The molecular formula is C39H41BN2Si. The van der Waals surface area contributed by atoms with Crippen molar-refractivity contribution < 1.29 is 0 Å². The van der Waals surface area contributed by atoms with E-state index >= 15 is 0 Å². The molecule has 0 fully saturated rings. The van der Waals surface area contributed by atoms with Crippen LogP contribution in [0, 0.1) is 0 Å². The molecule has 6 aromatic rings. The Hall–Kier alpha value is -4.41. The summed E-state index contributed by atoms with van der Waals surface area (Å²) in [5.41, 5.74) is 8.22. The minimum Gasteiger partial charge on any atom is -0.326 e. The maximum absolute atomic E-state index is 4.45. The standard InChI is InChI=1S/C26H28N2Si.C13H13B/c1-3-21-10-8-12-23(18-21)26(28-17-16-27-20-28,29-25-14-6-5-7-15-25)24-13-9-11-22(4-2)19-24;14-13(11-7-3-1-4-8-11)12-9-5-2-6-10-12/h5-20H,3-4,29H2,1-2H3;1-10,13H,14H2. The number of benzene rings is 5. The Labute approximate surface area is 260 Å². The highest BCUT2D eigenvalue weighted by molar-refractivity contribution is 6.57. The Bertz CT molecular complexity index is 1580. The number of aromatic nitrogens is 2. The number of aryl methyl sites for hydroxylation is 2. The van der Waals surface area contributed by atoms with E-state index in [-0.39, 0.29) is 5.16 Å². The van der Waals surface area contributed by atoms with Crippen molar-refractivity contribution in [3.05, 3.63) is 192 Å². The molecule has 0 saturated heterocycles. The van der Waals surface area contributed by atoms with Gasteiger partial charge in [0.2, 0.25) is 0 Å². The minimum atomic E-state index is -0.794. The Morgan fingerprint density at radius 1 is 0.651 bits per heavy atom. The Morgan fingerprint density at radius 2 is 1.14 bits per heavy atom. The zero-order valence-electron chi connectivity index (χ0n) is 25.6. The summed E-state index contributed by atoms with van der Waals surface area (Å²) in [6.07, 6.45) is 8.10. The molecular weight excluding hydrogens is 535 g/mol. The molecule has 0 aliphatic carbocycles. The molecule has 2 nitrogen and oxygen atoms in total. The fourth-order valence-corrected chi connectivity index (χ4v) is 8.23. The van der Waals surface area contributed by atoms with Crippen LogP contribution in [-0.2, 0) is 18.0 Å². The van der Waals surface area contributed by atoms with Crippen molar-refractivity contribution in [1.29, 1.82) is 0 Å². The van der Waals surface area contributed by atoms with Gasteiger partial charge in [0.05, 0.1) is 21.0 Å². The van der Waals surface area contributed by atoms with Gasteiger partial charge in [0.1, 0.15) is 7.85 Å². The van der Waals surface area contributed by atoms with Gasteiger partial charge >= 0.3 is 0 Å². The van der Waals surface area contributed by atoms with Crippen molar-refractivity contribution in [3.8, 4) is 0 Å². The molecule has 0 amide bonds. The van der Waals surface area contributed by atoms with Gasteiger partial charge < -0.3 is 4.57 Å². The summed E-state index contributed by atoms with van der Waals surface area (Å²) in [5, 5.41) is 1.24. The smallest absolute Gasteiger partial charge is 0.116 e. The lowest BCUT2D eigenvalue weighted by atomic mass is 9.76. The van der Waals surface area contributed by atoms with Crippen molar-refractivity contribution in [2.45, 2.75) is 37.7 Å². The highest BCUT2D eigenvalue weighted by Crippen LogP contribution is 2.34. The maximum atomic E-state index is 4.45. The van der Waals surface area contributed by atoms with Gasteiger partial charge in [0, 0.05) is 12.4 Å². The highest BCUT2D eigenvalue weighted by Gasteiger charge is 2.37. The molecule has 0 spiro atoms. The number of nitrogens with zero attached hydrogens (tertiary/aromatic N) is 2. The van der Waals surface area contributed by atoms with Crippen LogP contribution in [0.3, 0.4) is 0 Å². The SMILES string of the molecule is BC(c1ccccc1)c1ccccc1.CCc1cccc(C([SiH2]c2ccccc2)(c2cccc(CC)c2)n2ccnc2)c1. The fraction of sp³-hybridized carbons (Fsp3) is 0.154. The number of hydrogen-bond donors (Lipinski definition) is 0. The highest BCUT2D eigenvalue weighted by atomic mass is 28.2. The van der Waals surface area contributed by atoms with Gasteiger partial charge in [-0.2, -0.15) is 0 Å². The fourth-order valence-electron chi connectivity index (χ4n) is 5.91. The van der Waals surface area contributed by atoms with E-state index < -0.39 is 9.52 Å². The number of hydrogen-bond acceptors (Lipinski definition) is 1. The molecule has 0 unspecified atom stereocenters. The zero-order valence-corrected chi connectivity index (χ0v) is 27.0. The van der Waals surface area contributed by atoms with E-state index in [0.717, 1.165) is 12.8 Å². The van der Waals surface area contributed by atoms with Crippen LogP contribution in [-0.4, -0.2) is 26.9 Å². The molecule has 0 atom stereocenters. The van der Waals surface area contributed by atoms with E-state index in [4.69, 9.17) is 0 Å². The van der Waals surface area contributed by atoms with Crippen LogP contribution in [0.15, 0.2) is 158 Å². The molecule has 0 saturated carbocycles. The third kappa shape index (κ3) is 7.15. The molecule has 0 bridgehead atoms. The number of rotatable bonds is 9. The molecule has 43 heavy (non-hydrogen) atoms. The van der Waals surface area contributed by atoms with E-state index in [0.29, 0.717) is 5.82 Å². The summed E-state index contributed by atoms with van der Waals surface area (Å²) in [6, 6.07) is 50.5. The second-order valence-corrected chi connectivity index (χ2v) is 13.3. The largest absolute Gasteiger partial charge is 0.326 e. The average molecular weight is 577 g/mol. The van der Waals surface area contributed by atoms with Crippen molar-refractivity contribution in [3.63, 3.8) is 0 Å². The lowest BCUT2D eigenvalue weighted by molar-refractivity contribution is 0.595. The summed E-state index contributed by atoms with van der Waals surface area (Å²) < 4.78 is 2.34. The van der Waals surface area contributed by atoms with E-state index in [1.807, 2.05) is 12.5 Å². The summed E-state index contributed by atoms with van der Waals surface area (Å²) in [7, 11) is 1.45. The van der Waals surface area contributed by atoms with Crippen LogP contribution in [0.1, 0.15) is 53.0 Å². The predicted octanol–water partition coefficient (Wildman–Crippen LogP) is 6.66. The first-order chi connectivity index (χ1) is 21.1. The first-order valence-electron chi connectivity index (χ1n) is 15.4. The quantitative estimate of drug-likeness (QED) is 0.176. The van der Waals surface area contributed by atoms with Crippen molar-refractivity contribution in [2.24, 2.45) is 0 Å². The van der Waals surface area contributed by atoms with Crippen LogP contribution in [0.4, 0.5) is 0 Å². The zero-order chi connectivity index (χ0) is 29.9.